The molecule has 0 aliphatic carbocycles. The summed E-state index contributed by atoms with van der Waals surface area (Å²) in [6.45, 7) is 17.5. The first kappa shape index (κ1) is 48.6. The number of fused-ring (bicyclic) bond motifs is 1. The highest BCUT2D eigenvalue weighted by Gasteiger charge is 2.50. The molecule has 0 aromatic heterocycles. The number of hydrogen-bond acceptors (Lipinski definition) is 14. The molecule has 1 saturated heterocycles. The fourth-order valence-corrected chi connectivity index (χ4v) is 9.66. The number of ether oxygens (including phenoxy) is 4. The minimum absolute atomic E-state index is 0.0432. The summed E-state index contributed by atoms with van der Waals surface area (Å²) in [6, 6.07) is 0. The van der Waals surface area contributed by atoms with Crippen molar-refractivity contribution in [2.24, 2.45) is 33.7 Å². The molecule has 4 bridgehead atoms. The Labute approximate surface area is 375 Å². The van der Waals surface area contributed by atoms with Crippen molar-refractivity contribution in [3.63, 3.8) is 0 Å². The Hall–Kier alpha value is -4.83. The lowest BCUT2D eigenvalue weighted by Gasteiger charge is -2.38. The van der Waals surface area contributed by atoms with E-state index in [9.17, 15) is 34.8 Å². The van der Waals surface area contributed by atoms with Gasteiger partial charge in [-0.25, -0.2) is 0 Å². The largest absolute Gasteiger partial charge is 0.507 e. The van der Waals surface area contributed by atoms with Crippen LogP contribution >= 0.6 is 0 Å². The van der Waals surface area contributed by atoms with E-state index >= 15 is 0 Å². The van der Waals surface area contributed by atoms with E-state index in [1.165, 1.54) is 52.9 Å². The van der Waals surface area contributed by atoms with Gasteiger partial charge in [-0.2, -0.15) is 0 Å². The summed E-state index contributed by atoms with van der Waals surface area (Å²) < 4.78 is 24.1. The monoisotopic (exact) mass is 888 g/mol. The maximum absolute atomic E-state index is 14.8. The van der Waals surface area contributed by atoms with E-state index in [1.807, 2.05) is 0 Å². The Bertz CT molecular complexity index is 2330. The van der Waals surface area contributed by atoms with Gasteiger partial charge in [0, 0.05) is 87.1 Å². The van der Waals surface area contributed by atoms with Crippen molar-refractivity contribution in [1.29, 1.82) is 0 Å². The van der Waals surface area contributed by atoms with Gasteiger partial charge in [-0.3, -0.25) is 24.4 Å². The number of esters is 1. The number of aliphatic hydroxyl groups excluding tert-OH is 2. The third-order valence-corrected chi connectivity index (χ3v) is 13.8. The summed E-state index contributed by atoms with van der Waals surface area (Å²) in [4.78, 5) is 54.0. The van der Waals surface area contributed by atoms with Gasteiger partial charge < -0.3 is 49.6 Å². The van der Waals surface area contributed by atoms with Crippen LogP contribution in [0.3, 0.4) is 0 Å². The summed E-state index contributed by atoms with van der Waals surface area (Å²) in [6.07, 6.45) is 11.0. The minimum Gasteiger partial charge on any atom is -0.507 e. The highest BCUT2D eigenvalue weighted by Crippen LogP contribution is 2.50. The number of phenolic OH excluding ortho intramolecular Hbond substituents is 2. The van der Waals surface area contributed by atoms with Crippen molar-refractivity contribution in [1.82, 2.24) is 4.90 Å². The second-order valence-electron chi connectivity index (χ2n) is 18.5. The number of amides is 1. The number of aliphatic hydroxyl groups is 2. The molecule has 2 aromatic rings. The number of carbonyl (C=O) groups is 3. The number of likely N-dealkylation sites (tertiary alicyclic amines) is 1. The molecular formula is C49H68N4O11. The molecule has 6 rings (SSSR count). The van der Waals surface area contributed by atoms with Gasteiger partial charge in [-0.1, -0.05) is 78.5 Å². The van der Waals surface area contributed by atoms with Crippen LogP contribution in [0.15, 0.2) is 46.1 Å². The number of unbranched alkanes of at least 4 members (excludes halogenated alkanes) is 4. The molecule has 2 aromatic carbocycles. The van der Waals surface area contributed by atoms with Gasteiger partial charge in [0.15, 0.2) is 11.4 Å². The van der Waals surface area contributed by atoms with Gasteiger partial charge >= 0.3 is 11.8 Å². The number of carbonyl (C=O) groups excluding carboxylic acids is 3. The summed E-state index contributed by atoms with van der Waals surface area (Å²) >= 11 is 0. The topological polar surface area (TPSA) is 209 Å². The Morgan fingerprint density at radius 1 is 0.922 bits per heavy atom. The van der Waals surface area contributed by atoms with E-state index in [0.717, 1.165) is 26.1 Å². The molecule has 4 aliphatic heterocycles. The Morgan fingerprint density at radius 3 is 2.25 bits per heavy atom. The number of benzene rings is 2. The molecule has 1 fully saturated rings. The summed E-state index contributed by atoms with van der Waals surface area (Å²) in [5.41, 5.74) is -0.542. The number of allylic oxidation sites excluding steroid dienone is 2. The molecule has 0 unspecified atom stereocenters. The zero-order valence-corrected chi connectivity index (χ0v) is 39.1. The van der Waals surface area contributed by atoms with Crippen LogP contribution in [0.2, 0.25) is 0 Å². The molecule has 0 saturated carbocycles. The maximum atomic E-state index is 14.8. The number of nitrogens with one attached hydrogen (secondary N) is 1. The van der Waals surface area contributed by atoms with Crippen molar-refractivity contribution in [2.75, 3.05) is 32.1 Å². The molecule has 4 heterocycles. The molecule has 350 valence electrons. The molecule has 5 N–H and O–H groups in total. The van der Waals surface area contributed by atoms with Crippen LogP contribution in [-0.2, 0) is 23.8 Å². The number of piperidine rings is 1. The minimum atomic E-state index is -1.96. The zero-order chi connectivity index (χ0) is 46.8. The van der Waals surface area contributed by atoms with Crippen LogP contribution in [0.25, 0.3) is 10.8 Å². The van der Waals surface area contributed by atoms with E-state index in [0.29, 0.717) is 12.8 Å². The van der Waals surface area contributed by atoms with Gasteiger partial charge in [-0.15, -0.1) is 0 Å². The Morgan fingerprint density at radius 2 is 1.59 bits per heavy atom. The second-order valence-corrected chi connectivity index (χ2v) is 18.5. The van der Waals surface area contributed by atoms with E-state index in [-0.39, 0.29) is 55.4 Å². The number of methoxy groups -OCH3 is 1. The molecule has 1 spiro atoms. The first-order valence-corrected chi connectivity index (χ1v) is 22.9. The van der Waals surface area contributed by atoms with Crippen molar-refractivity contribution < 1.29 is 53.8 Å². The second kappa shape index (κ2) is 19.7. The fourth-order valence-electron chi connectivity index (χ4n) is 9.66. The molecule has 15 heteroatoms. The lowest BCUT2D eigenvalue weighted by molar-refractivity contribution is -0.160. The van der Waals surface area contributed by atoms with Crippen molar-refractivity contribution >= 4 is 34.1 Å². The molecule has 0 radical (unpaired) electrons. The molecular weight excluding hydrogens is 821 g/mol. The third-order valence-electron chi connectivity index (χ3n) is 13.8. The zero-order valence-electron chi connectivity index (χ0n) is 39.1. The summed E-state index contributed by atoms with van der Waals surface area (Å²) in [7, 11) is 1.47. The number of rotatable bonds is 8. The number of anilines is 1. The van der Waals surface area contributed by atoms with Crippen molar-refractivity contribution in [3.05, 3.63) is 58.0 Å². The third kappa shape index (κ3) is 9.45. The van der Waals surface area contributed by atoms with Gasteiger partial charge in [0.25, 0.3) is 11.7 Å². The number of aromatic hydroxyl groups is 2. The molecule has 9 atom stereocenters. The normalized spacial score (nSPS) is 31.6. The number of ketones is 1. The first-order chi connectivity index (χ1) is 30.3. The van der Waals surface area contributed by atoms with Crippen LogP contribution in [0.5, 0.6) is 17.2 Å². The fraction of sp³-hybridized carbons (Fsp3) is 0.612. The lowest BCUT2D eigenvalue weighted by Crippen LogP contribution is -2.46. The number of nitrogens with zero attached hydrogens (tertiary/aromatic N) is 3. The van der Waals surface area contributed by atoms with E-state index in [2.05, 4.69) is 17.1 Å². The van der Waals surface area contributed by atoms with E-state index in [4.69, 9.17) is 28.9 Å². The van der Waals surface area contributed by atoms with Gasteiger partial charge in [-0.05, 0) is 32.9 Å². The quantitative estimate of drug-likeness (QED) is 0.116. The van der Waals surface area contributed by atoms with Crippen molar-refractivity contribution in [3.8, 4) is 17.2 Å². The van der Waals surface area contributed by atoms with Crippen molar-refractivity contribution in [2.45, 2.75) is 143 Å². The molecule has 64 heavy (non-hydrogen) atoms. The Kier molecular flexibility index (Phi) is 15.0. The highest BCUT2D eigenvalue weighted by molar-refractivity contribution is 6.19. The van der Waals surface area contributed by atoms with E-state index < -0.39 is 82.9 Å². The molecule has 15 nitrogen and oxygen atoms in total. The average molecular weight is 889 g/mol. The number of Topliss-reactive ketones (excluding diaryl/α,β-unsaturated/α-hetero) is 1. The smallest absolute Gasteiger partial charge is 0.312 e. The lowest BCUT2D eigenvalue weighted by atomic mass is 9.78. The van der Waals surface area contributed by atoms with Crippen LogP contribution < -0.4 is 20.8 Å². The van der Waals surface area contributed by atoms with Crippen LogP contribution in [-0.4, -0.2) is 106 Å². The average Bonchev–Trinajstić information content (AvgIpc) is 3.76. The van der Waals surface area contributed by atoms with Crippen LogP contribution in [0, 0.1) is 30.6 Å². The first-order valence-electron chi connectivity index (χ1n) is 22.9. The standard InChI is InChI=1S/C49H68N4O11/c1-11-12-13-14-15-22-53-23-20-49(21-24-53)51-37-34-35-42(57)31(7)45-36(34)46(59)48(9,64-45)62-25-19-33(61-10)28(4)44(63-32(8)54)30(6)41(56)29(5)40(55)26(2)17-16-18-27(3)47(60)50-39(43(35)58)38(37)52-49/h16-19,25-26,28-30,33,40-41,44,55-58H,11-15,20-24H2,1-10H3,(H,50,60)/b17-16+,25-19+,27-18-/t26-,28+,29+,30+,33-,40-,41+,44+,48-/m0/s1. The van der Waals surface area contributed by atoms with E-state index in [1.54, 1.807) is 65.8 Å². The summed E-state index contributed by atoms with van der Waals surface area (Å²) in [5, 5.41) is 50.4. The number of hydrogen-bond donors (Lipinski definition) is 5. The predicted molar refractivity (Wildman–Crippen MR) is 242 cm³/mol. The maximum Gasteiger partial charge on any atom is 0.312 e. The summed E-state index contributed by atoms with van der Waals surface area (Å²) in [5.74, 6) is -6.87. The number of phenols is 2. The highest BCUT2D eigenvalue weighted by atomic mass is 16.7. The van der Waals surface area contributed by atoms with Crippen LogP contribution in [0.1, 0.15) is 116 Å². The van der Waals surface area contributed by atoms with Gasteiger partial charge in [0.2, 0.25) is 0 Å². The predicted octanol–water partition coefficient (Wildman–Crippen LogP) is 6.06. The Balaban J connectivity index is 1.49. The SMILES string of the molecule is CCCCCCCN1CCC2(CC1)N=c1c3c(O)c4c(O)c(C)c5c(c4c1=N2)C(=O)[C@@](C)(O/C=C/[C@H](OC)[C@@H](C)[C@@H](OC(C)=O)[C@H](C)[C@H](O)[C@H](C)[C@@H](O)[C@@H](C)/C=C/C=C(/C)C(=O)N3)O5. The van der Waals surface area contributed by atoms with Crippen LogP contribution in [0.4, 0.5) is 5.69 Å². The molecule has 1 amide bonds. The van der Waals surface area contributed by atoms with Gasteiger partial charge in [0.05, 0.1) is 40.9 Å². The van der Waals surface area contributed by atoms with Gasteiger partial charge in [0.1, 0.15) is 28.6 Å². The molecule has 4 aliphatic rings.